The average Bonchev–Trinajstić information content (AvgIpc) is 2.70. The van der Waals surface area contributed by atoms with Crippen LogP contribution in [0.2, 0.25) is 0 Å². The fourth-order valence-corrected chi connectivity index (χ4v) is 1.99. The van der Waals surface area contributed by atoms with Gasteiger partial charge in [0.05, 0.1) is 0 Å². The van der Waals surface area contributed by atoms with Crippen LogP contribution in [0.15, 0.2) is 4.99 Å². The van der Waals surface area contributed by atoms with Crippen LogP contribution >= 0.6 is 0 Å². The molecule has 0 aromatic heterocycles. The van der Waals surface area contributed by atoms with Gasteiger partial charge in [-0.15, -0.1) is 0 Å². The van der Waals surface area contributed by atoms with Crippen molar-refractivity contribution in [1.82, 2.24) is 15.5 Å². The maximum absolute atomic E-state index is 11.4. The molecular weight excluding hydrogens is 228 g/mol. The van der Waals surface area contributed by atoms with Crippen LogP contribution in [0.1, 0.15) is 40.0 Å². The SMILES string of the molecule is CCNC(=NCCCN1CCCC1=O)NC(C)C. The molecule has 1 amide bonds. The Morgan fingerprint density at radius 2 is 2.28 bits per heavy atom. The van der Waals surface area contributed by atoms with Crippen molar-refractivity contribution in [2.45, 2.75) is 46.1 Å². The summed E-state index contributed by atoms with van der Waals surface area (Å²) in [5, 5.41) is 6.49. The number of rotatable bonds is 6. The third kappa shape index (κ3) is 5.38. The predicted octanol–water partition coefficient (Wildman–Crippen LogP) is 0.962. The molecule has 0 radical (unpaired) electrons. The standard InChI is InChI=1S/C13H26N4O/c1-4-14-13(16-11(2)3)15-8-6-10-17-9-5-7-12(17)18/h11H,4-10H2,1-3H3,(H2,14,15,16). The third-order valence-electron chi connectivity index (χ3n) is 2.80. The van der Waals surface area contributed by atoms with Gasteiger partial charge in [0.15, 0.2) is 5.96 Å². The molecule has 1 heterocycles. The van der Waals surface area contributed by atoms with Gasteiger partial charge in [0.2, 0.25) is 5.91 Å². The lowest BCUT2D eigenvalue weighted by Crippen LogP contribution is -2.41. The fourth-order valence-electron chi connectivity index (χ4n) is 1.99. The van der Waals surface area contributed by atoms with E-state index >= 15 is 0 Å². The van der Waals surface area contributed by atoms with E-state index in [1.807, 2.05) is 4.90 Å². The summed E-state index contributed by atoms with van der Waals surface area (Å²) in [5.74, 6) is 1.16. The Labute approximate surface area is 110 Å². The molecule has 1 fully saturated rings. The summed E-state index contributed by atoms with van der Waals surface area (Å²) in [6, 6.07) is 0.378. The van der Waals surface area contributed by atoms with Crippen molar-refractivity contribution in [3.63, 3.8) is 0 Å². The van der Waals surface area contributed by atoms with Crippen molar-refractivity contribution in [2.24, 2.45) is 4.99 Å². The normalized spacial score (nSPS) is 16.6. The van der Waals surface area contributed by atoms with Gasteiger partial charge in [-0.05, 0) is 33.6 Å². The first-order valence-electron chi connectivity index (χ1n) is 6.96. The van der Waals surface area contributed by atoms with Gasteiger partial charge < -0.3 is 15.5 Å². The van der Waals surface area contributed by atoms with E-state index in [1.54, 1.807) is 0 Å². The fraction of sp³-hybridized carbons (Fsp3) is 0.846. The molecule has 2 N–H and O–H groups in total. The van der Waals surface area contributed by atoms with Gasteiger partial charge in [-0.3, -0.25) is 9.79 Å². The molecular formula is C13H26N4O. The quantitative estimate of drug-likeness (QED) is 0.422. The highest BCUT2D eigenvalue weighted by Gasteiger charge is 2.18. The summed E-state index contributed by atoms with van der Waals surface area (Å²) in [6.07, 6.45) is 2.67. The van der Waals surface area contributed by atoms with Gasteiger partial charge in [0.25, 0.3) is 0 Å². The lowest BCUT2D eigenvalue weighted by atomic mass is 10.4. The van der Waals surface area contributed by atoms with E-state index in [9.17, 15) is 4.79 Å². The number of carbonyl (C=O) groups excluding carboxylic acids is 1. The first kappa shape index (κ1) is 14.8. The van der Waals surface area contributed by atoms with E-state index < -0.39 is 0 Å². The minimum absolute atomic E-state index is 0.297. The summed E-state index contributed by atoms with van der Waals surface area (Å²) in [7, 11) is 0. The zero-order valence-corrected chi connectivity index (χ0v) is 11.8. The minimum Gasteiger partial charge on any atom is -0.357 e. The monoisotopic (exact) mass is 254 g/mol. The van der Waals surface area contributed by atoms with Crippen molar-refractivity contribution in [3.8, 4) is 0 Å². The van der Waals surface area contributed by atoms with E-state index in [4.69, 9.17) is 0 Å². The number of carbonyl (C=O) groups is 1. The number of nitrogens with zero attached hydrogens (tertiary/aromatic N) is 2. The third-order valence-corrected chi connectivity index (χ3v) is 2.80. The Kier molecular flexibility index (Phi) is 6.54. The van der Waals surface area contributed by atoms with Crippen LogP contribution in [0.3, 0.4) is 0 Å². The number of hydrogen-bond donors (Lipinski definition) is 2. The highest BCUT2D eigenvalue weighted by atomic mass is 16.2. The summed E-state index contributed by atoms with van der Waals surface area (Å²) in [4.78, 5) is 17.9. The summed E-state index contributed by atoms with van der Waals surface area (Å²) in [6.45, 7) is 9.62. The van der Waals surface area contributed by atoms with Crippen LogP contribution in [0.4, 0.5) is 0 Å². The summed E-state index contributed by atoms with van der Waals surface area (Å²) in [5.41, 5.74) is 0. The lowest BCUT2D eigenvalue weighted by molar-refractivity contribution is -0.127. The first-order chi connectivity index (χ1) is 8.63. The molecule has 0 bridgehead atoms. The second kappa shape index (κ2) is 7.95. The Morgan fingerprint density at radius 1 is 1.50 bits per heavy atom. The Balaban J connectivity index is 2.25. The van der Waals surface area contributed by atoms with Crippen molar-refractivity contribution < 1.29 is 4.79 Å². The number of aliphatic imine (C=N–C) groups is 1. The molecule has 0 aliphatic carbocycles. The van der Waals surface area contributed by atoms with E-state index in [0.29, 0.717) is 11.9 Å². The van der Waals surface area contributed by atoms with Crippen LogP contribution in [0.25, 0.3) is 0 Å². The van der Waals surface area contributed by atoms with Crippen LogP contribution in [-0.4, -0.2) is 49.0 Å². The molecule has 18 heavy (non-hydrogen) atoms. The number of guanidine groups is 1. The number of nitrogens with one attached hydrogen (secondary N) is 2. The Hall–Kier alpha value is -1.26. The smallest absolute Gasteiger partial charge is 0.222 e. The van der Waals surface area contributed by atoms with Crippen LogP contribution < -0.4 is 10.6 Å². The largest absolute Gasteiger partial charge is 0.357 e. The Bertz CT molecular complexity index is 289. The maximum Gasteiger partial charge on any atom is 0.222 e. The summed E-state index contributed by atoms with van der Waals surface area (Å²) >= 11 is 0. The van der Waals surface area contributed by atoms with Gasteiger partial charge in [-0.25, -0.2) is 0 Å². The average molecular weight is 254 g/mol. The van der Waals surface area contributed by atoms with E-state index in [2.05, 4.69) is 36.4 Å². The number of hydrogen-bond acceptors (Lipinski definition) is 2. The molecule has 0 unspecified atom stereocenters. The Morgan fingerprint density at radius 3 is 2.83 bits per heavy atom. The highest BCUT2D eigenvalue weighted by molar-refractivity contribution is 5.80. The van der Waals surface area contributed by atoms with E-state index in [-0.39, 0.29) is 0 Å². The van der Waals surface area contributed by atoms with Crippen LogP contribution in [0.5, 0.6) is 0 Å². The molecule has 1 saturated heterocycles. The predicted molar refractivity (Wildman–Crippen MR) is 74.7 cm³/mol. The second-order valence-electron chi connectivity index (χ2n) is 4.90. The molecule has 0 spiro atoms. The van der Waals surface area contributed by atoms with Gasteiger partial charge in [0.1, 0.15) is 0 Å². The molecule has 5 heteroatoms. The van der Waals surface area contributed by atoms with Gasteiger partial charge in [0, 0.05) is 38.6 Å². The maximum atomic E-state index is 11.4. The zero-order valence-electron chi connectivity index (χ0n) is 11.8. The van der Waals surface area contributed by atoms with Crippen molar-refractivity contribution >= 4 is 11.9 Å². The van der Waals surface area contributed by atoms with Crippen molar-refractivity contribution in [1.29, 1.82) is 0 Å². The van der Waals surface area contributed by atoms with E-state index in [1.165, 1.54) is 0 Å². The molecule has 1 aliphatic heterocycles. The van der Waals surface area contributed by atoms with Gasteiger partial charge in [-0.1, -0.05) is 0 Å². The van der Waals surface area contributed by atoms with Crippen molar-refractivity contribution in [2.75, 3.05) is 26.2 Å². The molecule has 0 aromatic rings. The van der Waals surface area contributed by atoms with Crippen LogP contribution in [0, 0.1) is 0 Å². The van der Waals surface area contributed by atoms with Crippen LogP contribution in [-0.2, 0) is 4.79 Å². The molecule has 5 nitrogen and oxygen atoms in total. The molecule has 0 saturated carbocycles. The molecule has 0 atom stereocenters. The minimum atomic E-state index is 0.297. The molecule has 1 aliphatic rings. The number of amides is 1. The number of likely N-dealkylation sites (tertiary alicyclic amines) is 1. The molecule has 104 valence electrons. The second-order valence-corrected chi connectivity index (χ2v) is 4.90. The van der Waals surface area contributed by atoms with Gasteiger partial charge in [-0.2, -0.15) is 0 Å². The van der Waals surface area contributed by atoms with Crippen molar-refractivity contribution in [3.05, 3.63) is 0 Å². The van der Waals surface area contributed by atoms with E-state index in [0.717, 1.165) is 51.4 Å². The highest BCUT2D eigenvalue weighted by Crippen LogP contribution is 2.09. The summed E-state index contributed by atoms with van der Waals surface area (Å²) < 4.78 is 0. The van der Waals surface area contributed by atoms with Gasteiger partial charge >= 0.3 is 0 Å². The molecule has 1 rings (SSSR count). The topological polar surface area (TPSA) is 56.7 Å². The molecule has 0 aromatic carbocycles. The zero-order chi connectivity index (χ0) is 13.4. The first-order valence-corrected chi connectivity index (χ1v) is 6.96. The lowest BCUT2D eigenvalue weighted by Gasteiger charge is -2.16.